The monoisotopic (exact) mass is 491 g/mol. The van der Waals surface area contributed by atoms with Crippen molar-refractivity contribution in [2.45, 2.75) is 84.7 Å². The van der Waals surface area contributed by atoms with Crippen molar-refractivity contribution in [1.82, 2.24) is 14.8 Å². The number of aromatic nitrogens is 1. The van der Waals surface area contributed by atoms with E-state index in [2.05, 4.69) is 19.2 Å². The maximum Gasteiger partial charge on any atom is 0.271 e. The van der Waals surface area contributed by atoms with Crippen LogP contribution >= 0.6 is 0 Å². The first-order chi connectivity index (χ1) is 17.2. The number of furan rings is 1. The third-order valence-corrected chi connectivity index (χ3v) is 8.20. The Hall–Kier alpha value is -3.22. The fourth-order valence-corrected chi connectivity index (χ4v) is 5.76. The molecule has 7 heteroatoms. The van der Waals surface area contributed by atoms with E-state index in [0.717, 1.165) is 29.7 Å². The van der Waals surface area contributed by atoms with Gasteiger partial charge in [0, 0.05) is 24.7 Å². The molecule has 1 aliphatic heterocycles. The highest BCUT2D eigenvalue weighted by molar-refractivity contribution is 6.02. The van der Waals surface area contributed by atoms with E-state index in [9.17, 15) is 9.59 Å². The zero-order valence-corrected chi connectivity index (χ0v) is 21.9. The lowest BCUT2D eigenvalue weighted by atomic mass is 9.77. The molecule has 1 fully saturated rings. The Morgan fingerprint density at radius 1 is 1.19 bits per heavy atom. The Balaban J connectivity index is 1.48. The number of nitrogens with one attached hydrogen (secondary N) is 1. The first-order valence-electron chi connectivity index (χ1n) is 13.1. The number of carbonyl (C=O) groups excluding carboxylic acids is 2. The Morgan fingerprint density at radius 2 is 1.94 bits per heavy atom. The molecule has 3 heterocycles. The molecule has 0 saturated heterocycles. The van der Waals surface area contributed by atoms with Gasteiger partial charge in [-0.1, -0.05) is 38.8 Å². The second kappa shape index (κ2) is 9.34. The minimum Gasteiger partial charge on any atom is -0.491 e. The van der Waals surface area contributed by atoms with Crippen molar-refractivity contribution in [2.75, 3.05) is 0 Å². The van der Waals surface area contributed by atoms with Crippen LogP contribution in [0.2, 0.25) is 0 Å². The van der Waals surface area contributed by atoms with Crippen LogP contribution in [-0.2, 0) is 17.9 Å². The van der Waals surface area contributed by atoms with Crippen molar-refractivity contribution in [3.05, 3.63) is 53.9 Å². The lowest BCUT2D eigenvalue weighted by Crippen LogP contribution is -2.65. The van der Waals surface area contributed by atoms with Crippen LogP contribution in [0.5, 0.6) is 5.75 Å². The van der Waals surface area contributed by atoms with Crippen molar-refractivity contribution in [3.63, 3.8) is 0 Å². The number of amides is 2. The van der Waals surface area contributed by atoms with Gasteiger partial charge in [-0.25, -0.2) is 0 Å². The third-order valence-electron chi connectivity index (χ3n) is 8.20. The molecule has 0 unspecified atom stereocenters. The second-order valence-electron chi connectivity index (χ2n) is 11.1. The predicted octanol–water partition coefficient (Wildman–Crippen LogP) is 5.38. The second-order valence-corrected chi connectivity index (χ2v) is 11.1. The first-order valence-corrected chi connectivity index (χ1v) is 13.1. The highest BCUT2D eigenvalue weighted by atomic mass is 16.5. The van der Waals surface area contributed by atoms with Gasteiger partial charge in [0.1, 0.15) is 17.0 Å². The molecule has 192 valence electrons. The minimum atomic E-state index is -1.05. The molecular weight excluding hydrogens is 454 g/mol. The van der Waals surface area contributed by atoms with E-state index in [1.807, 2.05) is 55.7 Å². The highest BCUT2D eigenvalue weighted by Gasteiger charge is 2.48. The fourth-order valence-electron chi connectivity index (χ4n) is 5.76. The van der Waals surface area contributed by atoms with E-state index in [1.165, 1.54) is 6.42 Å². The molecule has 0 bridgehead atoms. The standard InChI is InChI=1S/C29H37N3O4/c1-18(2)36-22-11-9-21(10-12-22)16-32-27(33)25-15-26-24(13-14-35-26)31(25)17-29(32,5)28(34)30-23-8-6-7-19(3)20(23)4/h9-15,18-20,23H,6-8,16-17H2,1-5H3,(H,30,34)/t19-,20-,23-,29-/m1/s1. The summed E-state index contributed by atoms with van der Waals surface area (Å²) in [5.74, 6) is 1.48. The molecule has 1 saturated carbocycles. The van der Waals surface area contributed by atoms with E-state index in [0.29, 0.717) is 36.2 Å². The Bertz CT molecular complexity index is 1260. The van der Waals surface area contributed by atoms with Crippen LogP contribution in [0.25, 0.3) is 11.1 Å². The van der Waals surface area contributed by atoms with Crippen LogP contribution in [0.1, 0.15) is 69.9 Å². The van der Waals surface area contributed by atoms with Gasteiger partial charge in [0.15, 0.2) is 5.58 Å². The van der Waals surface area contributed by atoms with E-state index in [1.54, 1.807) is 17.2 Å². The normalized spacial score (nSPS) is 26.3. The van der Waals surface area contributed by atoms with Crippen molar-refractivity contribution >= 4 is 22.9 Å². The van der Waals surface area contributed by atoms with Crippen LogP contribution in [0.4, 0.5) is 0 Å². The van der Waals surface area contributed by atoms with Crippen molar-refractivity contribution in [2.24, 2.45) is 11.8 Å². The van der Waals surface area contributed by atoms with Crippen LogP contribution in [0, 0.1) is 11.8 Å². The number of nitrogens with zero attached hydrogens (tertiary/aromatic N) is 2. The molecule has 0 spiro atoms. The van der Waals surface area contributed by atoms with Gasteiger partial charge in [-0.2, -0.15) is 0 Å². The van der Waals surface area contributed by atoms with E-state index in [4.69, 9.17) is 9.15 Å². The summed E-state index contributed by atoms with van der Waals surface area (Å²) in [4.78, 5) is 29.6. The zero-order chi connectivity index (χ0) is 25.6. The van der Waals surface area contributed by atoms with Gasteiger partial charge < -0.3 is 23.9 Å². The van der Waals surface area contributed by atoms with E-state index < -0.39 is 5.54 Å². The molecule has 2 aromatic heterocycles. The molecule has 36 heavy (non-hydrogen) atoms. The summed E-state index contributed by atoms with van der Waals surface area (Å²) < 4.78 is 13.3. The quantitative estimate of drug-likeness (QED) is 0.502. The largest absolute Gasteiger partial charge is 0.491 e. The van der Waals surface area contributed by atoms with Gasteiger partial charge in [0.05, 0.1) is 24.4 Å². The molecule has 2 aliphatic rings. The topological polar surface area (TPSA) is 76.7 Å². The lowest BCUT2D eigenvalue weighted by Gasteiger charge is -2.45. The molecule has 2 amide bonds. The summed E-state index contributed by atoms with van der Waals surface area (Å²) in [5.41, 5.74) is 1.94. The van der Waals surface area contributed by atoms with Crippen LogP contribution in [0.3, 0.4) is 0 Å². The summed E-state index contributed by atoms with van der Waals surface area (Å²) in [5, 5.41) is 3.35. The Morgan fingerprint density at radius 3 is 2.67 bits per heavy atom. The summed E-state index contributed by atoms with van der Waals surface area (Å²) in [6.45, 7) is 11.0. The summed E-state index contributed by atoms with van der Waals surface area (Å²) in [6, 6.07) is 11.5. The van der Waals surface area contributed by atoms with Crippen molar-refractivity contribution < 1.29 is 18.7 Å². The molecule has 1 N–H and O–H groups in total. The van der Waals surface area contributed by atoms with Crippen LogP contribution in [0.15, 0.2) is 47.1 Å². The molecule has 0 radical (unpaired) electrons. The molecule has 5 rings (SSSR count). The number of fused-ring (bicyclic) bond motifs is 3. The number of benzene rings is 1. The maximum absolute atomic E-state index is 14.0. The third kappa shape index (κ3) is 4.29. The SMILES string of the molecule is CC(C)Oc1ccc(CN2C(=O)c3cc4occc4n3C[C@]2(C)C(=O)N[C@@H]2CCC[C@@H](C)[C@H]2C)cc1. The summed E-state index contributed by atoms with van der Waals surface area (Å²) in [7, 11) is 0. The van der Waals surface area contributed by atoms with Gasteiger partial charge >= 0.3 is 0 Å². The molecule has 1 aromatic carbocycles. The molecular formula is C29H37N3O4. The number of hydrogen-bond donors (Lipinski definition) is 1. The Kier molecular flexibility index (Phi) is 6.35. The predicted molar refractivity (Wildman–Crippen MR) is 139 cm³/mol. The number of carbonyl (C=O) groups is 2. The van der Waals surface area contributed by atoms with Crippen molar-refractivity contribution in [3.8, 4) is 5.75 Å². The number of hydrogen-bond acceptors (Lipinski definition) is 4. The minimum absolute atomic E-state index is 0.0856. The molecule has 7 nitrogen and oxygen atoms in total. The number of ether oxygens (including phenoxy) is 1. The Labute approximate surface area is 212 Å². The van der Waals surface area contributed by atoms with Crippen LogP contribution in [-0.4, -0.2) is 39.0 Å². The molecule has 3 aromatic rings. The van der Waals surface area contributed by atoms with Gasteiger partial charge in [-0.3, -0.25) is 9.59 Å². The summed E-state index contributed by atoms with van der Waals surface area (Å²) >= 11 is 0. The molecule has 4 atom stereocenters. The summed E-state index contributed by atoms with van der Waals surface area (Å²) in [6.07, 6.45) is 4.98. The smallest absolute Gasteiger partial charge is 0.271 e. The first kappa shape index (κ1) is 24.5. The van der Waals surface area contributed by atoms with Gasteiger partial charge in [-0.05, 0) is 56.7 Å². The van der Waals surface area contributed by atoms with E-state index in [-0.39, 0.29) is 24.0 Å². The zero-order valence-electron chi connectivity index (χ0n) is 21.9. The average molecular weight is 492 g/mol. The highest BCUT2D eigenvalue weighted by Crippen LogP contribution is 2.35. The maximum atomic E-state index is 14.0. The fraction of sp³-hybridized carbons (Fsp3) is 0.517. The number of rotatable bonds is 6. The molecule has 1 aliphatic carbocycles. The lowest BCUT2D eigenvalue weighted by molar-refractivity contribution is -0.134. The van der Waals surface area contributed by atoms with Gasteiger partial charge in [0.25, 0.3) is 5.91 Å². The van der Waals surface area contributed by atoms with Crippen molar-refractivity contribution in [1.29, 1.82) is 0 Å². The van der Waals surface area contributed by atoms with Gasteiger partial charge in [0.2, 0.25) is 5.91 Å². The van der Waals surface area contributed by atoms with Gasteiger partial charge in [-0.15, -0.1) is 0 Å². The van der Waals surface area contributed by atoms with E-state index >= 15 is 0 Å². The van der Waals surface area contributed by atoms with Crippen LogP contribution < -0.4 is 10.1 Å². The average Bonchev–Trinajstić information content (AvgIpc) is 3.43.